The maximum absolute atomic E-state index is 11.9. The summed E-state index contributed by atoms with van der Waals surface area (Å²) in [6.45, 7) is 0.130. The van der Waals surface area contributed by atoms with Gasteiger partial charge in [0.05, 0.1) is 10.2 Å². The molecule has 1 aromatic carbocycles. The standard InChI is InChI=1S/C12H11N5OS2/c1-19-8-3-2-4-9-11(8)16-12(20-9)15-10(18)5-17-7-13-6-14-17/h2-4,6-7H,5H2,1H3,(H,15,16,18). The summed E-state index contributed by atoms with van der Waals surface area (Å²) in [5, 5.41) is 7.29. The molecule has 1 N–H and O–H groups in total. The van der Waals surface area contributed by atoms with E-state index in [4.69, 9.17) is 0 Å². The minimum absolute atomic E-state index is 0.130. The van der Waals surface area contributed by atoms with Crippen molar-refractivity contribution >= 4 is 44.4 Å². The second-order valence-electron chi connectivity index (χ2n) is 3.97. The van der Waals surface area contributed by atoms with Crippen LogP contribution in [0.15, 0.2) is 35.7 Å². The number of thiazole rings is 1. The zero-order valence-electron chi connectivity index (χ0n) is 10.6. The first-order chi connectivity index (χ1) is 9.76. The van der Waals surface area contributed by atoms with Gasteiger partial charge in [-0.1, -0.05) is 17.4 Å². The highest BCUT2D eigenvalue weighted by atomic mass is 32.2. The smallest absolute Gasteiger partial charge is 0.247 e. The van der Waals surface area contributed by atoms with Crippen LogP contribution in [0.3, 0.4) is 0 Å². The van der Waals surface area contributed by atoms with Crippen molar-refractivity contribution in [2.45, 2.75) is 11.4 Å². The minimum atomic E-state index is -0.166. The molecule has 1 amide bonds. The molecule has 2 heterocycles. The Morgan fingerprint density at radius 3 is 3.15 bits per heavy atom. The number of benzene rings is 1. The summed E-state index contributed by atoms with van der Waals surface area (Å²) < 4.78 is 2.53. The van der Waals surface area contributed by atoms with E-state index < -0.39 is 0 Å². The van der Waals surface area contributed by atoms with Gasteiger partial charge in [-0.2, -0.15) is 5.10 Å². The van der Waals surface area contributed by atoms with Gasteiger partial charge in [0.15, 0.2) is 5.13 Å². The molecule has 0 saturated carbocycles. The van der Waals surface area contributed by atoms with E-state index in [1.54, 1.807) is 11.8 Å². The molecule has 0 bridgehead atoms. The summed E-state index contributed by atoms with van der Waals surface area (Å²) in [5.41, 5.74) is 0.932. The van der Waals surface area contributed by atoms with Gasteiger partial charge >= 0.3 is 0 Å². The molecule has 8 heteroatoms. The van der Waals surface area contributed by atoms with Crippen LogP contribution in [0, 0.1) is 0 Å². The number of carbonyl (C=O) groups is 1. The molecule has 0 saturated heterocycles. The van der Waals surface area contributed by atoms with Crippen LogP contribution in [0.1, 0.15) is 0 Å². The lowest BCUT2D eigenvalue weighted by Gasteiger charge is -2.00. The van der Waals surface area contributed by atoms with E-state index in [-0.39, 0.29) is 12.5 Å². The van der Waals surface area contributed by atoms with E-state index in [1.807, 2.05) is 24.5 Å². The first-order valence-corrected chi connectivity index (χ1v) is 7.86. The zero-order valence-corrected chi connectivity index (χ0v) is 12.2. The number of rotatable bonds is 4. The number of carbonyl (C=O) groups excluding carboxylic acids is 1. The van der Waals surface area contributed by atoms with Gasteiger partial charge in [-0.25, -0.2) is 14.6 Å². The Morgan fingerprint density at radius 1 is 1.50 bits per heavy atom. The van der Waals surface area contributed by atoms with E-state index in [2.05, 4.69) is 20.4 Å². The molecule has 6 nitrogen and oxygen atoms in total. The second kappa shape index (κ2) is 5.59. The Labute approximate surface area is 123 Å². The van der Waals surface area contributed by atoms with E-state index in [0.29, 0.717) is 5.13 Å². The van der Waals surface area contributed by atoms with Gasteiger partial charge in [-0.05, 0) is 18.4 Å². The SMILES string of the molecule is CSc1cccc2sc(NC(=O)Cn3cncn3)nc12. The van der Waals surface area contributed by atoms with E-state index in [1.165, 1.54) is 28.7 Å². The van der Waals surface area contributed by atoms with Crippen LogP contribution in [0.4, 0.5) is 5.13 Å². The van der Waals surface area contributed by atoms with Crippen molar-refractivity contribution in [2.24, 2.45) is 0 Å². The average molecular weight is 305 g/mol. The van der Waals surface area contributed by atoms with Crippen LogP contribution in [-0.2, 0) is 11.3 Å². The van der Waals surface area contributed by atoms with Crippen molar-refractivity contribution in [3.63, 3.8) is 0 Å². The number of aromatic nitrogens is 4. The van der Waals surface area contributed by atoms with Gasteiger partial charge < -0.3 is 5.32 Å². The van der Waals surface area contributed by atoms with Crippen molar-refractivity contribution < 1.29 is 4.79 Å². The lowest BCUT2D eigenvalue weighted by molar-refractivity contribution is -0.116. The van der Waals surface area contributed by atoms with Crippen molar-refractivity contribution in [1.29, 1.82) is 0 Å². The van der Waals surface area contributed by atoms with Crippen LogP contribution in [0.25, 0.3) is 10.2 Å². The lowest BCUT2D eigenvalue weighted by Crippen LogP contribution is -2.18. The van der Waals surface area contributed by atoms with Gasteiger partial charge in [0.25, 0.3) is 0 Å². The summed E-state index contributed by atoms with van der Waals surface area (Å²) in [5.74, 6) is -0.166. The fourth-order valence-electron chi connectivity index (χ4n) is 1.76. The number of hydrogen-bond acceptors (Lipinski definition) is 6. The third-order valence-electron chi connectivity index (χ3n) is 2.62. The largest absolute Gasteiger partial charge is 0.300 e. The molecule has 0 aliphatic heterocycles. The third kappa shape index (κ3) is 2.66. The molecule has 0 atom stereocenters. The molecule has 2 aromatic heterocycles. The third-order valence-corrected chi connectivity index (χ3v) is 4.33. The van der Waals surface area contributed by atoms with Crippen LogP contribution in [0.2, 0.25) is 0 Å². The summed E-state index contributed by atoms with van der Waals surface area (Å²) in [7, 11) is 0. The fraction of sp³-hybridized carbons (Fsp3) is 0.167. The normalized spacial score (nSPS) is 10.8. The number of hydrogen-bond donors (Lipinski definition) is 1. The Kier molecular flexibility index (Phi) is 3.66. The van der Waals surface area contributed by atoms with Crippen LogP contribution < -0.4 is 5.32 Å². The molecule has 3 rings (SSSR count). The number of nitrogens with one attached hydrogen (secondary N) is 1. The Morgan fingerprint density at radius 2 is 2.40 bits per heavy atom. The molecule has 3 aromatic rings. The molecule has 20 heavy (non-hydrogen) atoms. The summed E-state index contributed by atoms with van der Waals surface area (Å²) in [6.07, 6.45) is 4.91. The molecular weight excluding hydrogens is 294 g/mol. The highest BCUT2D eigenvalue weighted by Gasteiger charge is 2.10. The number of thioether (sulfide) groups is 1. The topological polar surface area (TPSA) is 72.7 Å². The molecule has 0 aliphatic carbocycles. The average Bonchev–Trinajstić information content (AvgIpc) is 3.06. The van der Waals surface area contributed by atoms with Gasteiger partial charge in [-0.3, -0.25) is 4.79 Å². The quantitative estimate of drug-likeness (QED) is 0.748. The van der Waals surface area contributed by atoms with E-state index >= 15 is 0 Å². The van der Waals surface area contributed by atoms with E-state index in [9.17, 15) is 4.79 Å². The molecule has 0 spiro atoms. The number of amides is 1. The van der Waals surface area contributed by atoms with Crippen molar-refractivity contribution in [1.82, 2.24) is 19.7 Å². The highest BCUT2D eigenvalue weighted by molar-refractivity contribution is 7.98. The molecule has 102 valence electrons. The van der Waals surface area contributed by atoms with Gasteiger partial charge in [0.2, 0.25) is 5.91 Å². The van der Waals surface area contributed by atoms with Crippen molar-refractivity contribution in [3.8, 4) is 0 Å². The summed E-state index contributed by atoms with van der Waals surface area (Å²) >= 11 is 3.11. The maximum Gasteiger partial charge on any atom is 0.247 e. The predicted octanol–water partition coefficient (Wildman–Crippen LogP) is 2.25. The summed E-state index contributed by atoms with van der Waals surface area (Å²) in [6, 6.07) is 6.01. The molecule has 0 unspecified atom stereocenters. The lowest BCUT2D eigenvalue weighted by atomic mass is 10.3. The van der Waals surface area contributed by atoms with Gasteiger partial charge in [0, 0.05) is 4.90 Å². The molecular formula is C12H11N5OS2. The Balaban J connectivity index is 1.79. The minimum Gasteiger partial charge on any atom is -0.300 e. The number of anilines is 1. The Bertz CT molecular complexity index is 737. The van der Waals surface area contributed by atoms with Gasteiger partial charge in [0.1, 0.15) is 19.2 Å². The second-order valence-corrected chi connectivity index (χ2v) is 5.85. The first kappa shape index (κ1) is 13.1. The van der Waals surface area contributed by atoms with E-state index in [0.717, 1.165) is 15.1 Å². The summed E-state index contributed by atoms with van der Waals surface area (Å²) in [4.78, 5) is 21.2. The maximum atomic E-state index is 11.9. The molecule has 0 fully saturated rings. The Hall–Kier alpha value is -1.93. The highest BCUT2D eigenvalue weighted by Crippen LogP contribution is 2.32. The van der Waals surface area contributed by atoms with Crippen LogP contribution >= 0.6 is 23.1 Å². The van der Waals surface area contributed by atoms with Crippen LogP contribution in [-0.4, -0.2) is 31.9 Å². The van der Waals surface area contributed by atoms with Crippen LogP contribution in [0.5, 0.6) is 0 Å². The molecule has 0 aliphatic rings. The fourth-order valence-corrected chi connectivity index (χ4v) is 3.30. The first-order valence-electron chi connectivity index (χ1n) is 5.82. The van der Waals surface area contributed by atoms with Crippen molar-refractivity contribution in [3.05, 3.63) is 30.9 Å². The number of nitrogens with zero attached hydrogens (tertiary/aromatic N) is 4. The monoisotopic (exact) mass is 305 g/mol. The number of para-hydroxylation sites is 1. The zero-order chi connectivity index (χ0) is 13.9. The predicted molar refractivity (Wildman–Crippen MR) is 80.1 cm³/mol. The molecule has 0 radical (unpaired) electrons. The van der Waals surface area contributed by atoms with Crippen molar-refractivity contribution in [2.75, 3.05) is 11.6 Å². The van der Waals surface area contributed by atoms with Gasteiger partial charge in [-0.15, -0.1) is 11.8 Å². The number of fused-ring (bicyclic) bond motifs is 1.